The Balaban J connectivity index is 1.33. The van der Waals surface area contributed by atoms with E-state index < -0.39 is 15.6 Å². The summed E-state index contributed by atoms with van der Waals surface area (Å²) in [5.74, 6) is -0.374. The first-order valence-corrected chi connectivity index (χ1v) is 11.9. The highest BCUT2D eigenvalue weighted by atomic mass is 32.2. The largest absolute Gasteiger partial charge is 0.336 e. The molecule has 0 bridgehead atoms. The highest BCUT2D eigenvalue weighted by Gasteiger charge is 2.31. The van der Waals surface area contributed by atoms with Crippen LogP contribution in [0.25, 0.3) is 10.9 Å². The molecule has 1 amide bonds. The average Bonchev–Trinajstić information content (AvgIpc) is 3.26. The molecule has 1 aromatic heterocycles. The van der Waals surface area contributed by atoms with Gasteiger partial charge in [0, 0.05) is 31.7 Å². The minimum atomic E-state index is -3.61. The monoisotopic (exact) mass is 437 g/mol. The first-order chi connectivity index (χ1) is 14.9. The third kappa shape index (κ3) is 3.55. The quantitative estimate of drug-likeness (QED) is 0.680. The van der Waals surface area contributed by atoms with E-state index in [1.807, 2.05) is 24.3 Å². The maximum Gasteiger partial charge on any atom is 0.261 e. The van der Waals surface area contributed by atoms with Gasteiger partial charge in [-0.05, 0) is 60.0 Å². The molecule has 7 nitrogen and oxygen atoms in total. The molecule has 1 aliphatic carbocycles. The number of sulfonamides is 1. The Morgan fingerprint density at radius 2 is 1.65 bits per heavy atom. The SMILES string of the molecule is O=C(c1cc2ccccc2[nH]c1=O)N1CCN(S(=O)(=O)c2ccc3c(c2)CCC3)CC1. The molecule has 0 saturated carbocycles. The summed E-state index contributed by atoms with van der Waals surface area (Å²) in [5.41, 5.74) is 2.67. The summed E-state index contributed by atoms with van der Waals surface area (Å²) >= 11 is 0. The van der Waals surface area contributed by atoms with Crippen LogP contribution >= 0.6 is 0 Å². The fourth-order valence-electron chi connectivity index (χ4n) is 4.47. The number of piperazine rings is 1. The van der Waals surface area contributed by atoms with Gasteiger partial charge in [0.15, 0.2) is 0 Å². The predicted molar refractivity (Wildman–Crippen MR) is 118 cm³/mol. The van der Waals surface area contributed by atoms with Crippen molar-refractivity contribution in [1.82, 2.24) is 14.2 Å². The third-order valence-electron chi connectivity index (χ3n) is 6.22. The van der Waals surface area contributed by atoms with Crippen molar-refractivity contribution in [3.05, 3.63) is 75.6 Å². The van der Waals surface area contributed by atoms with Crippen LogP contribution in [0.4, 0.5) is 0 Å². The lowest BCUT2D eigenvalue weighted by Gasteiger charge is -2.34. The lowest BCUT2D eigenvalue weighted by molar-refractivity contribution is 0.0696. The van der Waals surface area contributed by atoms with Gasteiger partial charge in [-0.2, -0.15) is 4.31 Å². The smallest absolute Gasteiger partial charge is 0.261 e. The summed E-state index contributed by atoms with van der Waals surface area (Å²) in [6.07, 6.45) is 2.99. The predicted octanol–water partition coefficient (Wildman–Crippen LogP) is 2.16. The number of aromatic amines is 1. The fourth-order valence-corrected chi connectivity index (χ4v) is 5.94. The number of amides is 1. The van der Waals surface area contributed by atoms with Crippen molar-refractivity contribution >= 4 is 26.8 Å². The Kier molecular flexibility index (Phi) is 4.91. The first kappa shape index (κ1) is 20.0. The van der Waals surface area contributed by atoms with E-state index in [1.54, 1.807) is 29.2 Å². The molecule has 2 aliphatic rings. The minimum Gasteiger partial charge on any atom is -0.336 e. The Morgan fingerprint density at radius 3 is 2.45 bits per heavy atom. The summed E-state index contributed by atoms with van der Waals surface area (Å²) in [6.45, 7) is 0.901. The van der Waals surface area contributed by atoms with Crippen LogP contribution in [0.1, 0.15) is 27.9 Å². The Labute approximate surface area is 180 Å². The highest BCUT2D eigenvalue weighted by molar-refractivity contribution is 7.89. The second kappa shape index (κ2) is 7.62. The standard InChI is InChI=1S/C23H23N3O4S/c27-22-20(15-18-4-1-2-7-21(18)24-22)23(28)25-10-12-26(13-11-25)31(29,30)19-9-8-16-5-3-6-17(16)14-19/h1-2,4,7-9,14-15H,3,5-6,10-13H2,(H,24,27). The summed E-state index contributed by atoms with van der Waals surface area (Å²) in [6, 6.07) is 14.3. The Hall–Kier alpha value is -2.97. The molecule has 1 saturated heterocycles. The van der Waals surface area contributed by atoms with Crippen molar-refractivity contribution in [2.75, 3.05) is 26.2 Å². The summed E-state index contributed by atoms with van der Waals surface area (Å²) in [5, 5.41) is 0.781. The Bertz CT molecular complexity index is 1340. The minimum absolute atomic E-state index is 0.0774. The zero-order chi connectivity index (χ0) is 21.6. The van der Waals surface area contributed by atoms with E-state index in [0.29, 0.717) is 10.4 Å². The lowest BCUT2D eigenvalue weighted by Crippen LogP contribution is -2.51. The molecule has 0 atom stereocenters. The molecule has 2 heterocycles. The van der Waals surface area contributed by atoms with Gasteiger partial charge in [0.1, 0.15) is 5.56 Å². The molecule has 160 valence electrons. The number of nitrogens with one attached hydrogen (secondary N) is 1. The summed E-state index contributed by atoms with van der Waals surface area (Å²) < 4.78 is 27.6. The second-order valence-corrected chi connectivity index (χ2v) is 10.0. The van der Waals surface area contributed by atoms with Crippen molar-refractivity contribution in [3.63, 3.8) is 0 Å². The van der Waals surface area contributed by atoms with Crippen molar-refractivity contribution in [2.24, 2.45) is 0 Å². The molecule has 1 aliphatic heterocycles. The van der Waals surface area contributed by atoms with Crippen LogP contribution in [0, 0.1) is 0 Å². The van der Waals surface area contributed by atoms with Crippen molar-refractivity contribution < 1.29 is 13.2 Å². The number of fused-ring (bicyclic) bond motifs is 2. The number of carbonyl (C=O) groups excluding carboxylic acids is 1. The van der Waals surface area contributed by atoms with Gasteiger partial charge >= 0.3 is 0 Å². The number of benzene rings is 2. The van der Waals surface area contributed by atoms with Crippen LogP contribution in [-0.4, -0.2) is 54.7 Å². The molecule has 5 rings (SSSR count). The van der Waals surface area contributed by atoms with Crippen LogP contribution in [0.2, 0.25) is 0 Å². The molecule has 2 aromatic carbocycles. The molecule has 1 N–H and O–H groups in total. The molecule has 31 heavy (non-hydrogen) atoms. The number of H-pyrrole nitrogens is 1. The van der Waals surface area contributed by atoms with Crippen molar-refractivity contribution in [3.8, 4) is 0 Å². The molecular weight excluding hydrogens is 414 g/mol. The van der Waals surface area contributed by atoms with Crippen LogP contribution in [0.5, 0.6) is 0 Å². The molecule has 8 heteroatoms. The molecule has 1 fully saturated rings. The van der Waals surface area contributed by atoms with E-state index >= 15 is 0 Å². The normalized spacial score (nSPS) is 17.1. The molecule has 0 unspecified atom stereocenters. The number of hydrogen-bond acceptors (Lipinski definition) is 4. The molecule has 3 aromatic rings. The number of carbonyl (C=O) groups is 1. The van der Waals surface area contributed by atoms with E-state index in [2.05, 4.69) is 4.98 Å². The van der Waals surface area contributed by atoms with Gasteiger partial charge in [-0.25, -0.2) is 8.42 Å². The van der Waals surface area contributed by atoms with E-state index in [4.69, 9.17) is 0 Å². The maximum absolute atomic E-state index is 13.1. The van der Waals surface area contributed by atoms with Crippen molar-refractivity contribution in [2.45, 2.75) is 24.2 Å². The number of hydrogen-bond donors (Lipinski definition) is 1. The number of pyridine rings is 1. The molecular formula is C23H23N3O4S. The lowest BCUT2D eigenvalue weighted by atomic mass is 10.1. The van der Waals surface area contributed by atoms with Gasteiger partial charge in [-0.3, -0.25) is 9.59 Å². The van der Waals surface area contributed by atoms with E-state index in [0.717, 1.165) is 30.2 Å². The van der Waals surface area contributed by atoms with E-state index in [1.165, 1.54) is 9.87 Å². The molecule has 0 spiro atoms. The summed E-state index contributed by atoms with van der Waals surface area (Å²) in [4.78, 5) is 30.0. The number of para-hydroxylation sites is 1. The summed E-state index contributed by atoms with van der Waals surface area (Å²) in [7, 11) is -3.61. The van der Waals surface area contributed by atoms with E-state index in [-0.39, 0.29) is 37.6 Å². The van der Waals surface area contributed by atoms with Crippen LogP contribution in [0.3, 0.4) is 0 Å². The highest BCUT2D eigenvalue weighted by Crippen LogP contribution is 2.27. The van der Waals surface area contributed by atoms with Crippen LogP contribution in [0.15, 0.2) is 58.2 Å². The average molecular weight is 438 g/mol. The zero-order valence-corrected chi connectivity index (χ0v) is 17.8. The van der Waals surface area contributed by atoms with Gasteiger partial charge < -0.3 is 9.88 Å². The third-order valence-corrected chi connectivity index (χ3v) is 8.11. The van der Waals surface area contributed by atoms with Gasteiger partial charge in [0.2, 0.25) is 10.0 Å². The number of nitrogens with zero attached hydrogens (tertiary/aromatic N) is 2. The van der Waals surface area contributed by atoms with Crippen LogP contribution < -0.4 is 5.56 Å². The topological polar surface area (TPSA) is 90.6 Å². The van der Waals surface area contributed by atoms with E-state index in [9.17, 15) is 18.0 Å². The van der Waals surface area contributed by atoms with Crippen LogP contribution in [-0.2, 0) is 22.9 Å². The Morgan fingerprint density at radius 1 is 0.903 bits per heavy atom. The van der Waals surface area contributed by atoms with Gasteiger partial charge in [-0.15, -0.1) is 0 Å². The number of aryl methyl sites for hydroxylation is 2. The van der Waals surface area contributed by atoms with Gasteiger partial charge in [0.25, 0.3) is 11.5 Å². The first-order valence-electron chi connectivity index (χ1n) is 10.5. The molecule has 0 radical (unpaired) electrons. The maximum atomic E-state index is 13.1. The zero-order valence-electron chi connectivity index (χ0n) is 17.0. The van der Waals surface area contributed by atoms with Gasteiger partial charge in [-0.1, -0.05) is 24.3 Å². The number of rotatable bonds is 3. The fraction of sp³-hybridized carbons (Fsp3) is 0.304. The van der Waals surface area contributed by atoms with Crippen molar-refractivity contribution in [1.29, 1.82) is 0 Å². The number of aromatic nitrogens is 1. The van der Waals surface area contributed by atoms with Gasteiger partial charge in [0.05, 0.1) is 4.90 Å². The second-order valence-electron chi connectivity index (χ2n) is 8.08.